The maximum absolute atomic E-state index is 12.8. The summed E-state index contributed by atoms with van der Waals surface area (Å²) in [5.41, 5.74) is 1.03. The molecule has 1 atom stereocenters. The molecule has 9 heteroatoms. The summed E-state index contributed by atoms with van der Waals surface area (Å²) in [4.78, 5) is 14.6. The lowest BCUT2D eigenvalue weighted by molar-refractivity contribution is 0.173. The predicted octanol–water partition coefficient (Wildman–Crippen LogP) is 3.61. The number of likely N-dealkylation sites (tertiary alicyclic amines) is 1. The van der Waals surface area contributed by atoms with Crippen LogP contribution in [0, 0.1) is 5.92 Å². The van der Waals surface area contributed by atoms with Gasteiger partial charge in [0.05, 0.1) is 13.2 Å². The Morgan fingerprint density at radius 1 is 1.17 bits per heavy atom. The summed E-state index contributed by atoms with van der Waals surface area (Å²) in [5.74, 6) is 0.997. The van der Waals surface area contributed by atoms with Crippen molar-refractivity contribution in [3.63, 3.8) is 0 Å². The highest BCUT2D eigenvalue weighted by Crippen LogP contribution is 2.25. The standard InChI is InChI=1S/C21H29N3O4S2/c1-15(2)20(16-6-8-18(28-3)9-7-16)22-21(25)24-12-10-17(11-13-24)23-30(26,27)19-5-4-14-29-19/h4-9,14-15,17,20,23H,10-13H2,1-3H3,(H,22,25)/t20-/m1/s1. The number of methoxy groups -OCH3 is 1. The second-order valence-corrected chi connectivity index (χ2v) is 10.6. The summed E-state index contributed by atoms with van der Waals surface area (Å²) in [6, 6.07) is 10.6. The third kappa shape index (κ3) is 5.53. The van der Waals surface area contributed by atoms with Gasteiger partial charge in [-0.15, -0.1) is 11.3 Å². The number of hydrogen-bond acceptors (Lipinski definition) is 5. The molecule has 2 N–H and O–H groups in total. The first-order valence-corrected chi connectivity index (χ1v) is 12.4. The molecule has 1 saturated heterocycles. The van der Waals surface area contributed by atoms with E-state index in [1.54, 1.807) is 29.5 Å². The SMILES string of the molecule is COc1ccc([C@H](NC(=O)N2CCC(NS(=O)(=O)c3cccs3)CC2)C(C)C)cc1. The number of carbonyl (C=O) groups excluding carboxylic acids is 1. The highest BCUT2D eigenvalue weighted by molar-refractivity contribution is 7.91. The zero-order valence-corrected chi connectivity index (χ0v) is 19.1. The van der Waals surface area contributed by atoms with Gasteiger partial charge in [-0.2, -0.15) is 0 Å². The van der Waals surface area contributed by atoms with Crippen molar-refractivity contribution in [3.05, 3.63) is 47.3 Å². The fraction of sp³-hybridized carbons (Fsp3) is 0.476. The van der Waals surface area contributed by atoms with Gasteiger partial charge in [0, 0.05) is 19.1 Å². The van der Waals surface area contributed by atoms with Gasteiger partial charge in [0.1, 0.15) is 9.96 Å². The largest absolute Gasteiger partial charge is 0.497 e. The first kappa shape index (κ1) is 22.6. The minimum atomic E-state index is -3.49. The molecule has 0 aliphatic carbocycles. The third-order valence-corrected chi connectivity index (χ3v) is 8.20. The first-order chi connectivity index (χ1) is 14.3. The van der Waals surface area contributed by atoms with Gasteiger partial charge in [-0.25, -0.2) is 17.9 Å². The Morgan fingerprint density at radius 3 is 2.37 bits per heavy atom. The van der Waals surface area contributed by atoms with Crippen molar-refractivity contribution < 1.29 is 17.9 Å². The van der Waals surface area contributed by atoms with E-state index in [0.29, 0.717) is 30.1 Å². The number of rotatable bonds is 7. The van der Waals surface area contributed by atoms with E-state index in [4.69, 9.17) is 4.74 Å². The number of hydrogen-bond donors (Lipinski definition) is 2. The number of ether oxygens (including phenoxy) is 1. The van der Waals surface area contributed by atoms with Crippen molar-refractivity contribution in [1.29, 1.82) is 0 Å². The summed E-state index contributed by atoms with van der Waals surface area (Å²) in [5, 5.41) is 4.88. The fourth-order valence-electron chi connectivity index (χ4n) is 3.56. The van der Waals surface area contributed by atoms with E-state index in [-0.39, 0.29) is 24.0 Å². The maximum atomic E-state index is 12.8. The molecule has 0 spiro atoms. The van der Waals surface area contributed by atoms with Crippen molar-refractivity contribution in [2.75, 3.05) is 20.2 Å². The molecule has 3 rings (SSSR count). The molecule has 0 saturated carbocycles. The van der Waals surface area contributed by atoms with Crippen LogP contribution in [0.3, 0.4) is 0 Å². The number of piperidine rings is 1. The maximum Gasteiger partial charge on any atom is 0.317 e. The predicted molar refractivity (Wildman–Crippen MR) is 118 cm³/mol. The Hall–Kier alpha value is -2.10. The van der Waals surface area contributed by atoms with Gasteiger partial charge >= 0.3 is 6.03 Å². The van der Waals surface area contributed by atoms with Crippen LogP contribution >= 0.6 is 11.3 Å². The molecule has 0 unspecified atom stereocenters. The topological polar surface area (TPSA) is 87.7 Å². The minimum absolute atomic E-state index is 0.113. The number of sulfonamides is 1. The quantitative estimate of drug-likeness (QED) is 0.673. The van der Waals surface area contributed by atoms with Crippen LogP contribution in [-0.4, -0.2) is 45.6 Å². The molecular formula is C21H29N3O4S2. The highest BCUT2D eigenvalue weighted by Gasteiger charge is 2.28. The van der Waals surface area contributed by atoms with Crippen LogP contribution in [0.2, 0.25) is 0 Å². The van der Waals surface area contributed by atoms with Crippen LogP contribution in [0.5, 0.6) is 5.75 Å². The lowest BCUT2D eigenvalue weighted by Crippen LogP contribution is -2.50. The zero-order chi connectivity index (χ0) is 21.7. The molecule has 30 heavy (non-hydrogen) atoms. The molecule has 164 valence electrons. The molecule has 0 radical (unpaired) electrons. The summed E-state index contributed by atoms with van der Waals surface area (Å²) in [6.07, 6.45) is 1.18. The Kier molecular flexibility index (Phi) is 7.38. The summed E-state index contributed by atoms with van der Waals surface area (Å²) >= 11 is 1.20. The number of amides is 2. The van der Waals surface area contributed by atoms with Gasteiger partial charge in [-0.05, 0) is 47.9 Å². The highest BCUT2D eigenvalue weighted by atomic mass is 32.2. The molecule has 2 heterocycles. The van der Waals surface area contributed by atoms with Crippen LogP contribution in [0.1, 0.15) is 38.3 Å². The summed E-state index contributed by atoms with van der Waals surface area (Å²) in [6.45, 7) is 5.16. The van der Waals surface area contributed by atoms with E-state index in [1.165, 1.54) is 11.3 Å². The molecular weight excluding hydrogens is 422 g/mol. The lowest BCUT2D eigenvalue weighted by atomic mass is 9.96. The van der Waals surface area contributed by atoms with Gasteiger partial charge < -0.3 is 15.0 Å². The normalized spacial score (nSPS) is 16.5. The number of nitrogens with one attached hydrogen (secondary N) is 2. The molecule has 2 amide bonds. The van der Waals surface area contributed by atoms with E-state index in [9.17, 15) is 13.2 Å². The summed E-state index contributed by atoms with van der Waals surface area (Å²) < 4.78 is 33.1. The Morgan fingerprint density at radius 2 is 1.83 bits per heavy atom. The van der Waals surface area contributed by atoms with Gasteiger partial charge in [0.2, 0.25) is 10.0 Å². The van der Waals surface area contributed by atoms with Crippen LogP contribution in [0.15, 0.2) is 46.0 Å². The molecule has 1 aromatic carbocycles. The minimum Gasteiger partial charge on any atom is -0.497 e. The lowest BCUT2D eigenvalue weighted by Gasteiger charge is -2.34. The number of carbonyl (C=O) groups is 1. The smallest absolute Gasteiger partial charge is 0.317 e. The van der Waals surface area contributed by atoms with E-state index in [1.807, 2.05) is 24.3 Å². The number of urea groups is 1. The molecule has 1 aromatic heterocycles. The molecule has 1 fully saturated rings. The van der Waals surface area contributed by atoms with Crippen LogP contribution in [-0.2, 0) is 10.0 Å². The second kappa shape index (κ2) is 9.80. The Bertz CT molecular complexity index is 920. The number of benzene rings is 1. The average molecular weight is 452 g/mol. The van der Waals surface area contributed by atoms with Crippen molar-refractivity contribution in [2.45, 2.75) is 43.0 Å². The van der Waals surface area contributed by atoms with Crippen molar-refractivity contribution in [2.24, 2.45) is 5.92 Å². The van der Waals surface area contributed by atoms with Gasteiger partial charge in [-0.3, -0.25) is 0 Å². The molecule has 1 aliphatic heterocycles. The van der Waals surface area contributed by atoms with E-state index < -0.39 is 10.0 Å². The number of nitrogens with zero attached hydrogens (tertiary/aromatic N) is 1. The fourth-order valence-corrected chi connectivity index (χ4v) is 5.88. The first-order valence-electron chi connectivity index (χ1n) is 10.1. The molecule has 2 aromatic rings. The van der Waals surface area contributed by atoms with Crippen LogP contribution < -0.4 is 14.8 Å². The van der Waals surface area contributed by atoms with Crippen LogP contribution in [0.25, 0.3) is 0 Å². The van der Waals surface area contributed by atoms with E-state index in [2.05, 4.69) is 23.9 Å². The molecule has 1 aliphatic rings. The molecule has 0 bridgehead atoms. The summed E-state index contributed by atoms with van der Waals surface area (Å²) in [7, 11) is -1.86. The van der Waals surface area contributed by atoms with Gasteiger partial charge in [0.25, 0.3) is 0 Å². The van der Waals surface area contributed by atoms with Crippen molar-refractivity contribution >= 4 is 27.4 Å². The Balaban J connectivity index is 1.56. The van der Waals surface area contributed by atoms with Crippen molar-refractivity contribution in [1.82, 2.24) is 14.9 Å². The zero-order valence-electron chi connectivity index (χ0n) is 17.5. The average Bonchev–Trinajstić information content (AvgIpc) is 3.28. The van der Waals surface area contributed by atoms with Crippen molar-refractivity contribution in [3.8, 4) is 5.75 Å². The van der Waals surface area contributed by atoms with Gasteiger partial charge in [-0.1, -0.05) is 32.0 Å². The van der Waals surface area contributed by atoms with E-state index in [0.717, 1.165) is 11.3 Å². The number of thiophene rings is 1. The van der Waals surface area contributed by atoms with Crippen LogP contribution in [0.4, 0.5) is 4.79 Å². The Labute approximate surface area is 182 Å². The monoisotopic (exact) mass is 451 g/mol. The van der Waals surface area contributed by atoms with E-state index >= 15 is 0 Å². The molecule has 7 nitrogen and oxygen atoms in total. The second-order valence-electron chi connectivity index (χ2n) is 7.76. The third-order valence-electron chi connectivity index (χ3n) is 5.28. The van der Waals surface area contributed by atoms with Gasteiger partial charge in [0.15, 0.2) is 0 Å².